The van der Waals surface area contributed by atoms with E-state index in [1.54, 1.807) is 0 Å². The van der Waals surface area contributed by atoms with E-state index in [2.05, 4.69) is 12.2 Å². The Kier molecular flexibility index (Phi) is 4.53. The second-order valence-corrected chi connectivity index (χ2v) is 4.23. The molecular weight excluding hydrogens is 192 g/mol. The smallest absolute Gasteiger partial charge is 0.235 e. The van der Waals surface area contributed by atoms with E-state index in [4.69, 9.17) is 11.0 Å². The zero-order valence-corrected chi connectivity index (χ0v) is 9.07. The molecule has 3 N–H and O–H groups in total. The Balaban J connectivity index is 2.31. The first kappa shape index (κ1) is 12.0. The molecule has 1 rings (SSSR count). The monoisotopic (exact) mass is 210 g/mol. The SMILES string of the molecule is CC1CC(N)CN(CC(=O)NCC#N)C1. The van der Waals surface area contributed by atoms with Gasteiger partial charge in [0.1, 0.15) is 6.54 Å². The fourth-order valence-electron chi connectivity index (χ4n) is 2.04. The van der Waals surface area contributed by atoms with Gasteiger partial charge in [-0.3, -0.25) is 9.69 Å². The highest BCUT2D eigenvalue weighted by Crippen LogP contribution is 2.14. The molecule has 2 atom stereocenters. The molecule has 0 aromatic carbocycles. The third-order valence-electron chi connectivity index (χ3n) is 2.50. The topological polar surface area (TPSA) is 82.2 Å². The molecule has 2 unspecified atom stereocenters. The summed E-state index contributed by atoms with van der Waals surface area (Å²) < 4.78 is 0. The van der Waals surface area contributed by atoms with E-state index < -0.39 is 0 Å². The van der Waals surface area contributed by atoms with Crippen molar-refractivity contribution in [2.24, 2.45) is 11.7 Å². The van der Waals surface area contributed by atoms with Gasteiger partial charge in [-0.25, -0.2) is 0 Å². The van der Waals surface area contributed by atoms with Crippen LogP contribution in [-0.4, -0.2) is 43.0 Å². The molecule has 15 heavy (non-hydrogen) atoms. The fraction of sp³-hybridized carbons (Fsp3) is 0.800. The molecule has 0 radical (unpaired) electrons. The van der Waals surface area contributed by atoms with Crippen LogP contribution in [0.2, 0.25) is 0 Å². The van der Waals surface area contributed by atoms with Crippen LogP contribution in [0.1, 0.15) is 13.3 Å². The second kappa shape index (κ2) is 5.69. The van der Waals surface area contributed by atoms with Crippen molar-refractivity contribution < 1.29 is 4.79 Å². The largest absolute Gasteiger partial charge is 0.342 e. The molecule has 0 aliphatic carbocycles. The molecule has 5 nitrogen and oxygen atoms in total. The molecule has 0 aromatic heterocycles. The molecule has 1 fully saturated rings. The maximum atomic E-state index is 11.3. The number of nitriles is 1. The first-order chi connectivity index (χ1) is 7.11. The van der Waals surface area contributed by atoms with Crippen LogP contribution < -0.4 is 11.1 Å². The van der Waals surface area contributed by atoms with Crippen LogP contribution >= 0.6 is 0 Å². The minimum absolute atomic E-state index is 0.0777. The lowest BCUT2D eigenvalue weighted by Gasteiger charge is -2.34. The van der Waals surface area contributed by atoms with Gasteiger partial charge in [0.05, 0.1) is 12.6 Å². The van der Waals surface area contributed by atoms with Gasteiger partial charge in [-0.1, -0.05) is 6.92 Å². The lowest BCUT2D eigenvalue weighted by Crippen LogP contribution is -2.49. The van der Waals surface area contributed by atoms with Crippen molar-refractivity contribution in [2.75, 3.05) is 26.2 Å². The molecule has 1 aliphatic rings. The van der Waals surface area contributed by atoms with E-state index in [1.165, 1.54) is 0 Å². The molecule has 1 amide bonds. The average Bonchev–Trinajstić information content (AvgIpc) is 2.13. The van der Waals surface area contributed by atoms with Crippen molar-refractivity contribution in [2.45, 2.75) is 19.4 Å². The maximum Gasteiger partial charge on any atom is 0.235 e. The van der Waals surface area contributed by atoms with Crippen molar-refractivity contribution in [1.29, 1.82) is 5.26 Å². The lowest BCUT2D eigenvalue weighted by atomic mass is 9.97. The van der Waals surface area contributed by atoms with Crippen LogP contribution in [0, 0.1) is 17.2 Å². The van der Waals surface area contributed by atoms with Gasteiger partial charge in [0, 0.05) is 19.1 Å². The minimum atomic E-state index is -0.0992. The Bertz CT molecular complexity index is 251. The predicted molar refractivity (Wildman–Crippen MR) is 56.8 cm³/mol. The summed E-state index contributed by atoms with van der Waals surface area (Å²) in [6.07, 6.45) is 1.02. The number of nitrogens with two attached hydrogens (primary N) is 1. The Morgan fingerprint density at radius 3 is 3.00 bits per heavy atom. The summed E-state index contributed by atoms with van der Waals surface area (Å²) in [5.41, 5.74) is 5.87. The van der Waals surface area contributed by atoms with Gasteiger partial charge in [0.15, 0.2) is 0 Å². The number of hydrogen-bond donors (Lipinski definition) is 2. The second-order valence-electron chi connectivity index (χ2n) is 4.23. The van der Waals surface area contributed by atoms with Crippen LogP contribution in [0.15, 0.2) is 0 Å². The van der Waals surface area contributed by atoms with Gasteiger partial charge in [-0.15, -0.1) is 0 Å². The molecule has 1 aliphatic heterocycles. The molecule has 5 heteroatoms. The van der Waals surface area contributed by atoms with Crippen molar-refractivity contribution >= 4 is 5.91 Å². The van der Waals surface area contributed by atoms with E-state index >= 15 is 0 Å². The van der Waals surface area contributed by atoms with Crippen LogP contribution in [0.3, 0.4) is 0 Å². The Hall–Kier alpha value is -1.12. The molecular formula is C10H18N4O. The summed E-state index contributed by atoms with van der Waals surface area (Å²) in [5.74, 6) is 0.440. The Morgan fingerprint density at radius 2 is 2.40 bits per heavy atom. The van der Waals surface area contributed by atoms with Gasteiger partial charge >= 0.3 is 0 Å². The molecule has 84 valence electrons. The number of amides is 1. The van der Waals surface area contributed by atoms with Crippen LogP contribution in [0.25, 0.3) is 0 Å². The van der Waals surface area contributed by atoms with Gasteiger partial charge in [-0.05, 0) is 12.3 Å². The lowest BCUT2D eigenvalue weighted by molar-refractivity contribution is -0.122. The van der Waals surface area contributed by atoms with E-state index in [0.29, 0.717) is 12.5 Å². The first-order valence-corrected chi connectivity index (χ1v) is 5.23. The molecule has 1 saturated heterocycles. The Labute approximate surface area is 90.2 Å². The molecule has 0 saturated carbocycles. The quantitative estimate of drug-likeness (QED) is 0.603. The van der Waals surface area contributed by atoms with Crippen molar-refractivity contribution in [3.05, 3.63) is 0 Å². The van der Waals surface area contributed by atoms with Crippen molar-refractivity contribution in [3.63, 3.8) is 0 Å². The van der Waals surface area contributed by atoms with Crippen LogP contribution in [0.4, 0.5) is 0 Å². The van der Waals surface area contributed by atoms with Crippen molar-refractivity contribution in [1.82, 2.24) is 10.2 Å². The zero-order chi connectivity index (χ0) is 11.3. The Morgan fingerprint density at radius 1 is 1.67 bits per heavy atom. The molecule has 0 spiro atoms. The van der Waals surface area contributed by atoms with Crippen LogP contribution in [0.5, 0.6) is 0 Å². The summed E-state index contributed by atoms with van der Waals surface area (Å²) >= 11 is 0. The fourth-order valence-corrected chi connectivity index (χ4v) is 2.04. The summed E-state index contributed by atoms with van der Waals surface area (Å²) in [4.78, 5) is 13.4. The predicted octanol–water partition coefficient (Wildman–Crippen LogP) is -0.705. The van der Waals surface area contributed by atoms with Crippen LogP contribution in [-0.2, 0) is 4.79 Å². The minimum Gasteiger partial charge on any atom is -0.342 e. The zero-order valence-electron chi connectivity index (χ0n) is 9.07. The maximum absolute atomic E-state index is 11.3. The highest BCUT2D eigenvalue weighted by Gasteiger charge is 2.23. The van der Waals surface area contributed by atoms with Gasteiger partial charge in [-0.2, -0.15) is 5.26 Å². The van der Waals surface area contributed by atoms with Gasteiger partial charge < -0.3 is 11.1 Å². The number of piperidine rings is 1. The summed E-state index contributed by atoms with van der Waals surface area (Å²) in [5, 5.41) is 10.8. The van der Waals surface area contributed by atoms with Crippen molar-refractivity contribution in [3.8, 4) is 6.07 Å². The van der Waals surface area contributed by atoms with E-state index in [9.17, 15) is 4.79 Å². The molecule has 1 heterocycles. The standard InChI is InChI=1S/C10H18N4O/c1-8-4-9(12)6-14(5-8)7-10(15)13-3-2-11/h8-9H,3-7,12H2,1H3,(H,13,15). The summed E-state index contributed by atoms with van der Waals surface area (Å²) in [7, 11) is 0. The number of likely N-dealkylation sites (tertiary alicyclic amines) is 1. The molecule has 0 aromatic rings. The number of nitrogens with zero attached hydrogens (tertiary/aromatic N) is 2. The number of carbonyl (C=O) groups excluding carboxylic acids is 1. The van der Waals surface area contributed by atoms with Gasteiger partial charge in [0.2, 0.25) is 5.91 Å². The first-order valence-electron chi connectivity index (χ1n) is 5.23. The number of nitrogens with one attached hydrogen (secondary N) is 1. The summed E-state index contributed by atoms with van der Waals surface area (Å²) in [6.45, 7) is 4.24. The van der Waals surface area contributed by atoms with E-state index in [0.717, 1.165) is 19.5 Å². The van der Waals surface area contributed by atoms with E-state index in [1.807, 2.05) is 11.0 Å². The third-order valence-corrected chi connectivity index (χ3v) is 2.50. The van der Waals surface area contributed by atoms with Gasteiger partial charge in [0.25, 0.3) is 0 Å². The average molecular weight is 210 g/mol. The number of rotatable bonds is 3. The summed E-state index contributed by atoms with van der Waals surface area (Å²) in [6, 6.07) is 2.04. The number of hydrogen-bond acceptors (Lipinski definition) is 4. The number of carbonyl (C=O) groups is 1. The van der Waals surface area contributed by atoms with E-state index in [-0.39, 0.29) is 18.5 Å². The highest BCUT2D eigenvalue weighted by atomic mass is 16.2. The highest BCUT2D eigenvalue weighted by molar-refractivity contribution is 5.78. The molecule has 0 bridgehead atoms. The normalized spacial score (nSPS) is 27.0. The third kappa shape index (κ3) is 4.28.